The molecule has 0 aromatic heterocycles. The molecule has 2 N–H and O–H groups in total. The molecule has 1 amide bonds. The molecule has 0 aliphatic carbocycles. The van der Waals surface area contributed by atoms with Crippen LogP contribution in [0.4, 0.5) is 0 Å². The van der Waals surface area contributed by atoms with E-state index in [0.29, 0.717) is 24.8 Å². The van der Waals surface area contributed by atoms with Crippen LogP contribution in [0.5, 0.6) is 0 Å². The van der Waals surface area contributed by atoms with Crippen LogP contribution in [0.3, 0.4) is 0 Å². The SMILES string of the molecule is CCC1CC(=O)N(CC(N)C2CCOC2)C1. The topological polar surface area (TPSA) is 55.6 Å². The smallest absolute Gasteiger partial charge is 0.222 e. The van der Waals surface area contributed by atoms with Gasteiger partial charge in [0.05, 0.1) is 6.61 Å². The zero-order chi connectivity index (χ0) is 11.5. The van der Waals surface area contributed by atoms with Crippen LogP contribution >= 0.6 is 0 Å². The number of rotatable bonds is 4. The van der Waals surface area contributed by atoms with E-state index < -0.39 is 0 Å². The monoisotopic (exact) mass is 226 g/mol. The van der Waals surface area contributed by atoms with Crippen LogP contribution in [0, 0.1) is 11.8 Å². The van der Waals surface area contributed by atoms with Crippen molar-refractivity contribution in [3.8, 4) is 0 Å². The van der Waals surface area contributed by atoms with Gasteiger partial charge in [0.1, 0.15) is 0 Å². The van der Waals surface area contributed by atoms with Gasteiger partial charge >= 0.3 is 0 Å². The highest BCUT2D eigenvalue weighted by Crippen LogP contribution is 2.22. The first-order chi connectivity index (χ1) is 7.70. The Labute approximate surface area is 97.1 Å². The minimum atomic E-state index is 0.0852. The normalized spacial score (nSPS) is 32.4. The summed E-state index contributed by atoms with van der Waals surface area (Å²) in [6, 6.07) is 0.0852. The maximum absolute atomic E-state index is 11.7. The van der Waals surface area contributed by atoms with Crippen LogP contribution in [0.15, 0.2) is 0 Å². The van der Waals surface area contributed by atoms with Gasteiger partial charge in [-0.3, -0.25) is 4.79 Å². The van der Waals surface area contributed by atoms with E-state index in [1.54, 1.807) is 0 Å². The summed E-state index contributed by atoms with van der Waals surface area (Å²) >= 11 is 0. The minimum Gasteiger partial charge on any atom is -0.381 e. The van der Waals surface area contributed by atoms with Crippen molar-refractivity contribution in [3.05, 3.63) is 0 Å². The molecule has 2 aliphatic heterocycles. The number of hydrogen-bond acceptors (Lipinski definition) is 3. The molecule has 0 bridgehead atoms. The van der Waals surface area contributed by atoms with E-state index in [4.69, 9.17) is 10.5 Å². The summed E-state index contributed by atoms with van der Waals surface area (Å²) in [5.41, 5.74) is 6.13. The fraction of sp³-hybridized carbons (Fsp3) is 0.917. The third kappa shape index (κ3) is 2.55. The third-order valence-corrected chi connectivity index (χ3v) is 3.87. The summed E-state index contributed by atoms with van der Waals surface area (Å²) in [6.07, 6.45) is 2.84. The Morgan fingerprint density at radius 2 is 2.44 bits per heavy atom. The number of carbonyl (C=O) groups is 1. The average molecular weight is 226 g/mol. The quantitative estimate of drug-likeness (QED) is 0.764. The van der Waals surface area contributed by atoms with Crippen molar-refractivity contribution in [1.29, 1.82) is 0 Å². The summed E-state index contributed by atoms with van der Waals surface area (Å²) in [4.78, 5) is 13.7. The van der Waals surface area contributed by atoms with Gasteiger partial charge in [-0.25, -0.2) is 0 Å². The van der Waals surface area contributed by atoms with Crippen molar-refractivity contribution >= 4 is 5.91 Å². The van der Waals surface area contributed by atoms with E-state index in [-0.39, 0.29) is 11.9 Å². The molecule has 16 heavy (non-hydrogen) atoms. The summed E-state index contributed by atoms with van der Waals surface area (Å²) < 4.78 is 5.33. The largest absolute Gasteiger partial charge is 0.381 e. The lowest BCUT2D eigenvalue weighted by Gasteiger charge is -2.24. The number of ether oxygens (including phenoxy) is 1. The van der Waals surface area contributed by atoms with Crippen molar-refractivity contribution in [1.82, 2.24) is 4.90 Å². The highest BCUT2D eigenvalue weighted by atomic mass is 16.5. The van der Waals surface area contributed by atoms with Gasteiger partial charge in [0.25, 0.3) is 0 Å². The zero-order valence-electron chi connectivity index (χ0n) is 10.0. The van der Waals surface area contributed by atoms with E-state index in [1.807, 2.05) is 4.90 Å². The van der Waals surface area contributed by atoms with Crippen molar-refractivity contribution in [2.45, 2.75) is 32.2 Å². The zero-order valence-corrected chi connectivity index (χ0v) is 10.0. The van der Waals surface area contributed by atoms with Crippen molar-refractivity contribution in [2.75, 3.05) is 26.3 Å². The van der Waals surface area contributed by atoms with Gasteiger partial charge in [-0.05, 0) is 12.3 Å². The third-order valence-electron chi connectivity index (χ3n) is 3.87. The van der Waals surface area contributed by atoms with Crippen LogP contribution in [0.1, 0.15) is 26.2 Å². The van der Waals surface area contributed by atoms with E-state index >= 15 is 0 Å². The van der Waals surface area contributed by atoms with Crippen LogP contribution in [0.25, 0.3) is 0 Å². The highest BCUT2D eigenvalue weighted by Gasteiger charge is 2.31. The molecule has 2 rings (SSSR count). The molecule has 0 radical (unpaired) electrons. The average Bonchev–Trinajstić information content (AvgIpc) is 2.88. The second-order valence-electron chi connectivity index (χ2n) is 5.06. The van der Waals surface area contributed by atoms with Crippen molar-refractivity contribution in [2.24, 2.45) is 17.6 Å². The second kappa shape index (κ2) is 5.15. The molecule has 0 spiro atoms. The molecule has 2 fully saturated rings. The van der Waals surface area contributed by atoms with Gasteiger partial charge in [0.2, 0.25) is 5.91 Å². The Morgan fingerprint density at radius 1 is 1.62 bits per heavy atom. The molecule has 4 nitrogen and oxygen atoms in total. The molecule has 2 heterocycles. The van der Waals surface area contributed by atoms with Gasteiger partial charge in [-0.15, -0.1) is 0 Å². The lowest BCUT2D eigenvalue weighted by atomic mass is 9.99. The van der Waals surface area contributed by atoms with E-state index in [9.17, 15) is 4.79 Å². The Kier molecular flexibility index (Phi) is 3.82. The summed E-state index contributed by atoms with van der Waals surface area (Å²) in [5.74, 6) is 1.26. The second-order valence-corrected chi connectivity index (χ2v) is 5.06. The summed E-state index contributed by atoms with van der Waals surface area (Å²) in [7, 11) is 0. The minimum absolute atomic E-state index is 0.0852. The van der Waals surface area contributed by atoms with Crippen molar-refractivity contribution in [3.63, 3.8) is 0 Å². The molecule has 4 heteroatoms. The Morgan fingerprint density at radius 3 is 3.00 bits per heavy atom. The summed E-state index contributed by atoms with van der Waals surface area (Å²) in [6.45, 7) is 5.34. The molecular weight excluding hydrogens is 204 g/mol. The maximum atomic E-state index is 11.7. The van der Waals surface area contributed by atoms with Crippen LogP contribution in [-0.2, 0) is 9.53 Å². The predicted octanol–water partition coefficient (Wildman–Crippen LogP) is 0.609. The maximum Gasteiger partial charge on any atom is 0.222 e. The lowest BCUT2D eigenvalue weighted by Crippen LogP contribution is -2.43. The molecule has 0 aromatic rings. The molecule has 2 aliphatic rings. The van der Waals surface area contributed by atoms with Gasteiger partial charge in [0, 0.05) is 38.1 Å². The lowest BCUT2D eigenvalue weighted by molar-refractivity contribution is -0.128. The fourth-order valence-electron chi connectivity index (χ4n) is 2.60. The van der Waals surface area contributed by atoms with Crippen LogP contribution < -0.4 is 5.73 Å². The number of amides is 1. The molecular formula is C12H22N2O2. The van der Waals surface area contributed by atoms with Crippen LogP contribution in [-0.4, -0.2) is 43.2 Å². The van der Waals surface area contributed by atoms with E-state index in [0.717, 1.165) is 32.6 Å². The molecule has 0 aromatic carbocycles. The molecule has 3 atom stereocenters. The van der Waals surface area contributed by atoms with E-state index in [2.05, 4.69) is 6.92 Å². The number of nitrogens with zero attached hydrogens (tertiary/aromatic N) is 1. The first-order valence-corrected chi connectivity index (χ1v) is 6.31. The Balaban J connectivity index is 1.82. The van der Waals surface area contributed by atoms with Gasteiger partial charge in [-0.2, -0.15) is 0 Å². The first kappa shape index (κ1) is 11.9. The Bertz CT molecular complexity index is 251. The van der Waals surface area contributed by atoms with Crippen molar-refractivity contribution < 1.29 is 9.53 Å². The van der Waals surface area contributed by atoms with E-state index in [1.165, 1.54) is 0 Å². The summed E-state index contributed by atoms with van der Waals surface area (Å²) in [5, 5.41) is 0. The first-order valence-electron chi connectivity index (χ1n) is 6.31. The molecule has 3 unspecified atom stereocenters. The number of carbonyl (C=O) groups excluding carboxylic acids is 1. The molecule has 2 saturated heterocycles. The fourth-order valence-corrected chi connectivity index (χ4v) is 2.60. The Hall–Kier alpha value is -0.610. The van der Waals surface area contributed by atoms with Crippen LogP contribution in [0.2, 0.25) is 0 Å². The number of likely N-dealkylation sites (tertiary alicyclic amines) is 1. The van der Waals surface area contributed by atoms with Gasteiger partial charge in [-0.1, -0.05) is 13.3 Å². The number of nitrogens with two attached hydrogens (primary N) is 1. The van der Waals surface area contributed by atoms with Gasteiger partial charge in [0.15, 0.2) is 0 Å². The molecule has 92 valence electrons. The highest BCUT2D eigenvalue weighted by molar-refractivity contribution is 5.78. The molecule has 0 saturated carbocycles. The van der Waals surface area contributed by atoms with Gasteiger partial charge < -0.3 is 15.4 Å². The number of hydrogen-bond donors (Lipinski definition) is 1. The predicted molar refractivity (Wildman–Crippen MR) is 61.9 cm³/mol. The standard InChI is InChI=1S/C12H22N2O2/c1-2-9-5-12(15)14(6-9)7-11(13)10-3-4-16-8-10/h9-11H,2-8,13H2,1H3.